The first-order valence-electron chi connectivity index (χ1n) is 6.51. The summed E-state index contributed by atoms with van der Waals surface area (Å²) in [5.41, 5.74) is 10.7. The smallest absolute Gasteiger partial charge is 0.0951 e. The van der Waals surface area contributed by atoms with E-state index < -0.39 is 0 Å². The number of aryl methyl sites for hydroxylation is 2. The summed E-state index contributed by atoms with van der Waals surface area (Å²) in [6, 6.07) is 7.80. The molecule has 20 heavy (non-hydrogen) atoms. The first-order chi connectivity index (χ1) is 9.65. The number of para-hydroxylation sites is 1. The number of rotatable bonds is 3. The molecule has 3 N–H and O–H groups in total. The molecule has 0 aliphatic rings. The Hall–Kier alpha value is -2.56. The molecular weight excluding hydrogens is 250 g/mol. The molecule has 102 valence electrons. The lowest BCUT2D eigenvalue weighted by Gasteiger charge is -2.09. The molecular formula is C15H17N5. The number of aromatic nitrogens is 3. The molecule has 0 bridgehead atoms. The fraction of sp³-hybridized carbons (Fsp3) is 0.200. The average molecular weight is 267 g/mol. The quantitative estimate of drug-likeness (QED) is 0.715. The van der Waals surface area contributed by atoms with Crippen molar-refractivity contribution in [2.75, 3.05) is 11.1 Å². The van der Waals surface area contributed by atoms with Crippen molar-refractivity contribution in [1.29, 1.82) is 0 Å². The van der Waals surface area contributed by atoms with Crippen molar-refractivity contribution in [3.05, 3.63) is 47.9 Å². The molecule has 5 heteroatoms. The Bertz CT molecular complexity index is 760. The number of nitrogens with one attached hydrogen (secondary N) is 1. The highest BCUT2D eigenvalue weighted by molar-refractivity contribution is 5.97. The largest absolute Gasteiger partial charge is 0.397 e. The monoisotopic (exact) mass is 267 g/mol. The fourth-order valence-electron chi connectivity index (χ4n) is 2.37. The van der Waals surface area contributed by atoms with Crippen LogP contribution in [0.1, 0.15) is 11.3 Å². The predicted octanol–water partition coefficient (Wildman–Crippen LogP) is 2.47. The molecule has 0 aliphatic heterocycles. The van der Waals surface area contributed by atoms with E-state index in [2.05, 4.69) is 15.4 Å². The Morgan fingerprint density at radius 3 is 2.90 bits per heavy atom. The maximum absolute atomic E-state index is 5.96. The number of hydrogen-bond acceptors (Lipinski definition) is 4. The zero-order chi connectivity index (χ0) is 14.1. The molecule has 3 aromatic rings. The molecule has 5 nitrogen and oxygen atoms in total. The Balaban J connectivity index is 1.92. The highest BCUT2D eigenvalue weighted by atomic mass is 15.2. The third-order valence-corrected chi connectivity index (χ3v) is 3.39. The summed E-state index contributed by atoms with van der Waals surface area (Å²) >= 11 is 0. The third kappa shape index (κ3) is 2.18. The molecule has 0 radical (unpaired) electrons. The number of pyridine rings is 1. The van der Waals surface area contributed by atoms with Crippen molar-refractivity contribution >= 4 is 22.3 Å². The van der Waals surface area contributed by atoms with Gasteiger partial charge in [0.05, 0.1) is 16.9 Å². The fourth-order valence-corrected chi connectivity index (χ4v) is 2.37. The zero-order valence-corrected chi connectivity index (χ0v) is 11.6. The molecule has 0 saturated carbocycles. The van der Waals surface area contributed by atoms with E-state index in [9.17, 15) is 0 Å². The SMILES string of the molecule is Cc1nn(C)cc1CNc1ccnc2c(N)cccc12. The van der Waals surface area contributed by atoms with Crippen molar-refractivity contribution in [3.8, 4) is 0 Å². The summed E-state index contributed by atoms with van der Waals surface area (Å²) in [5.74, 6) is 0. The normalized spacial score (nSPS) is 10.9. The van der Waals surface area contributed by atoms with Gasteiger partial charge in [-0.2, -0.15) is 5.10 Å². The van der Waals surface area contributed by atoms with Gasteiger partial charge < -0.3 is 11.1 Å². The molecule has 0 saturated heterocycles. The van der Waals surface area contributed by atoms with Crippen molar-refractivity contribution in [1.82, 2.24) is 14.8 Å². The number of nitrogens with two attached hydrogens (primary N) is 1. The van der Waals surface area contributed by atoms with Crippen molar-refractivity contribution in [2.24, 2.45) is 7.05 Å². The van der Waals surface area contributed by atoms with Crippen molar-refractivity contribution in [3.63, 3.8) is 0 Å². The van der Waals surface area contributed by atoms with Crippen LogP contribution in [0.2, 0.25) is 0 Å². The van der Waals surface area contributed by atoms with E-state index in [0.717, 1.165) is 28.8 Å². The number of nitrogen functional groups attached to an aromatic ring is 1. The summed E-state index contributed by atoms with van der Waals surface area (Å²) in [4.78, 5) is 4.34. The second-order valence-electron chi connectivity index (χ2n) is 4.87. The van der Waals surface area contributed by atoms with Crippen LogP contribution in [0, 0.1) is 6.92 Å². The Morgan fingerprint density at radius 1 is 1.30 bits per heavy atom. The molecule has 3 rings (SSSR count). The van der Waals surface area contributed by atoms with Gasteiger partial charge in [-0.15, -0.1) is 0 Å². The lowest BCUT2D eigenvalue weighted by Crippen LogP contribution is -2.01. The number of hydrogen-bond donors (Lipinski definition) is 2. The standard InChI is InChI=1S/C15H17N5/c1-10-11(9-20(2)19-10)8-18-14-6-7-17-15-12(14)4-3-5-13(15)16/h3-7,9H,8,16H2,1-2H3,(H,17,18). The Labute approximate surface area is 117 Å². The zero-order valence-electron chi connectivity index (χ0n) is 11.6. The Kier molecular flexibility index (Phi) is 3.02. The first-order valence-corrected chi connectivity index (χ1v) is 6.51. The molecule has 0 spiro atoms. The van der Waals surface area contributed by atoms with E-state index in [1.54, 1.807) is 6.20 Å². The number of benzene rings is 1. The Morgan fingerprint density at radius 2 is 2.15 bits per heavy atom. The van der Waals surface area contributed by atoms with Gasteiger partial charge in [0, 0.05) is 42.6 Å². The predicted molar refractivity (Wildman–Crippen MR) is 81.4 cm³/mol. The maximum atomic E-state index is 5.96. The van der Waals surface area contributed by atoms with Gasteiger partial charge in [0.25, 0.3) is 0 Å². The topological polar surface area (TPSA) is 68.8 Å². The summed E-state index contributed by atoms with van der Waals surface area (Å²) in [6.07, 6.45) is 3.80. The molecule has 1 aromatic carbocycles. The first kappa shape index (κ1) is 12.5. The summed E-state index contributed by atoms with van der Waals surface area (Å²) in [7, 11) is 1.93. The van der Waals surface area contributed by atoms with E-state index in [0.29, 0.717) is 5.69 Å². The number of nitrogens with zero attached hydrogens (tertiary/aromatic N) is 3. The van der Waals surface area contributed by atoms with Gasteiger partial charge >= 0.3 is 0 Å². The minimum atomic E-state index is 0.698. The van der Waals surface area contributed by atoms with Gasteiger partial charge in [0.1, 0.15) is 0 Å². The van der Waals surface area contributed by atoms with E-state index >= 15 is 0 Å². The number of anilines is 2. The second-order valence-corrected chi connectivity index (χ2v) is 4.87. The van der Waals surface area contributed by atoms with E-state index in [4.69, 9.17) is 5.73 Å². The van der Waals surface area contributed by atoms with Gasteiger partial charge in [0.15, 0.2) is 0 Å². The van der Waals surface area contributed by atoms with Crippen LogP contribution in [0.5, 0.6) is 0 Å². The number of fused-ring (bicyclic) bond motifs is 1. The van der Waals surface area contributed by atoms with Gasteiger partial charge in [-0.1, -0.05) is 12.1 Å². The van der Waals surface area contributed by atoms with Crippen LogP contribution < -0.4 is 11.1 Å². The minimum Gasteiger partial charge on any atom is -0.397 e. The molecule has 2 heterocycles. The molecule has 0 fully saturated rings. The molecule has 0 atom stereocenters. The van der Waals surface area contributed by atoms with Crippen LogP contribution in [0.3, 0.4) is 0 Å². The van der Waals surface area contributed by atoms with Gasteiger partial charge in [-0.25, -0.2) is 0 Å². The van der Waals surface area contributed by atoms with E-state index in [1.165, 1.54) is 5.56 Å². The van der Waals surface area contributed by atoms with Crippen LogP contribution in [0.15, 0.2) is 36.7 Å². The maximum Gasteiger partial charge on any atom is 0.0951 e. The van der Waals surface area contributed by atoms with Gasteiger partial charge in [0.2, 0.25) is 0 Å². The van der Waals surface area contributed by atoms with Crippen LogP contribution in [0.25, 0.3) is 10.9 Å². The second kappa shape index (κ2) is 4.85. The lowest BCUT2D eigenvalue weighted by atomic mass is 10.1. The molecule has 0 unspecified atom stereocenters. The van der Waals surface area contributed by atoms with Crippen LogP contribution in [-0.4, -0.2) is 14.8 Å². The van der Waals surface area contributed by atoms with Crippen molar-refractivity contribution in [2.45, 2.75) is 13.5 Å². The van der Waals surface area contributed by atoms with Crippen LogP contribution in [0.4, 0.5) is 11.4 Å². The van der Waals surface area contributed by atoms with Gasteiger partial charge in [-0.05, 0) is 19.1 Å². The highest BCUT2D eigenvalue weighted by Crippen LogP contribution is 2.25. The van der Waals surface area contributed by atoms with Crippen LogP contribution in [-0.2, 0) is 13.6 Å². The summed E-state index contributed by atoms with van der Waals surface area (Å²) < 4.78 is 1.83. The van der Waals surface area contributed by atoms with E-state index in [1.807, 2.05) is 49.1 Å². The molecule has 2 aromatic heterocycles. The van der Waals surface area contributed by atoms with Crippen molar-refractivity contribution < 1.29 is 0 Å². The van der Waals surface area contributed by atoms with Crippen LogP contribution >= 0.6 is 0 Å². The molecule has 0 amide bonds. The van der Waals surface area contributed by atoms with Gasteiger partial charge in [-0.3, -0.25) is 9.67 Å². The highest BCUT2D eigenvalue weighted by Gasteiger charge is 2.06. The minimum absolute atomic E-state index is 0.698. The van der Waals surface area contributed by atoms with E-state index in [-0.39, 0.29) is 0 Å². The summed E-state index contributed by atoms with van der Waals surface area (Å²) in [6.45, 7) is 2.74. The summed E-state index contributed by atoms with van der Waals surface area (Å²) in [5, 5.41) is 8.82. The molecule has 0 aliphatic carbocycles. The third-order valence-electron chi connectivity index (χ3n) is 3.39. The lowest BCUT2D eigenvalue weighted by molar-refractivity contribution is 0.756. The average Bonchev–Trinajstić information content (AvgIpc) is 2.75.